The van der Waals surface area contributed by atoms with Crippen LogP contribution in [0.3, 0.4) is 0 Å². The predicted octanol–water partition coefficient (Wildman–Crippen LogP) is 3.28. The van der Waals surface area contributed by atoms with E-state index in [9.17, 15) is 4.39 Å². The van der Waals surface area contributed by atoms with E-state index in [1.54, 1.807) is 12.1 Å². The molecular formula is C14H16FN3. The van der Waals surface area contributed by atoms with Crippen molar-refractivity contribution in [1.82, 2.24) is 4.98 Å². The second-order valence-corrected chi connectivity index (χ2v) is 4.31. The third-order valence-electron chi connectivity index (χ3n) is 2.79. The van der Waals surface area contributed by atoms with Crippen molar-refractivity contribution in [3.8, 4) is 0 Å². The fraction of sp³-hybridized carbons (Fsp3) is 0.214. The number of aromatic nitrogens is 1. The second-order valence-electron chi connectivity index (χ2n) is 4.31. The Bertz CT molecular complexity index is 537. The lowest BCUT2D eigenvalue weighted by Gasteiger charge is -2.16. The normalized spacial score (nSPS) is 12.2. The van der Waals surface area contributed by atoms with Gasteiger partial charge in [-0.05, 0) is 43.7 Å². The van der Waals surface area contributed by atoms with Gasteiger partial charge in [-0.3, -0.25) is 0 Å². The zero-order valence-electron chi connectivity index (χ0n) is 10.4. The molecule has 1 unspecified atom stereocenters. The van der Waals surface area contributed by atoms with Gasteiger partial charge in [0, 0.05) is 5.69 Å². The van der Waals surface area contributed by atoms with E-state index < -0.39 is 0 Å². The number of hydrogen-bond donors (Lipinski definition) is 2. The van der Waals surface area contributed by atoms with E-state index in [4.69, 9.17) is 5.73 Å². The highest BCUT2D eigenvalue weighted by atomic mass is 19.1. The van der Waals surface area contributed by atoms with E-state index in [0.717, 1.165) is 11.3 Å². The molecule has 1 aromatic heterocycles. The summed E-state index contributed by atoms with van der Waals surface area (Å²) in [6.45, 7) is 3.89. The molecule has 0 bridgehead atoms. The van der Waals surface area contributed by atoms with Gasteiger partial charge >= 0.3 is 0 Å². The number of anilines is 2. The zero-order chi connectivity index (χ0) is 13.1. The second kappa shape index (κ2) is 5.04. The Hall–Kier alpha value is -2.10. The van der Waals surface area contributed by atoms with Gasteiger partial charge in [0.05, 0.1) is 11.7 Å². The first-order valence-electron chi connectivity index (χ1n) is 5.81. The SMILES string of the molecule is Cc1ccc(N)c(NC(C)c2ccc(F)cc2)n1. The Balaban J connectivity index is 2.18. The van der Waals surface area contributed by atoms with Crippen molar-refractivity contribution >= 4 is 11.5 Å². The Morgan fingerprint density at radius 1 is 1.17 bits per heavy atom. The summed E-state index contributed by atoms with van der Waals surface area (Å²) in [4.78, 5) is 4.35. The number of rotatable bonds is 3. The molecule has 0 saturated heterocycles. The van der Waals surface area contributed by atoms with Crippen molar-refractivity contribution in [2.24, 2.45) is 0 Å². The molecule has 0 amide bonds. The van der Waals surface area contributed by atoms with E-state index in [1.807, 2.05) is 26.0 Å². The van der Waals surface area contributed by atoms with E-state index in [-0.39, 0.29) is 11.9 Å². The molecule has 1 atom stereocenters. The third-order valence-corrected chi connectivity index (χ3v) is 2.79. The van der Waals surface area contributed by atoms with Crippen molar-refractivity contribution in [2.45, 2.75) is 19.9 Å². The maximum atomic E-state index is 12.8. The topological polar surface area (TPSA) is 50.9 Å². The quantitative estimate of drug-likeness (QED) is 0.872. The predicted molar refractivity (Wildman–Crippen MR) is 71.8 cm³/mol. The third kappa shape index (κ3) is 2.77. The first kappa shape index (κ1) is 12.4. The lowest BCUT2D eigenvalue weighted by atomic mass is 10.1. The molecule has 0 saturated carbocycles. The number of pyridine rings is 1. The Morgan fingerprint density at radius 3 is 2.50 bits per heavy atom. The van der Waals surface area contributed by atoms with Crippen molar-refractivity contribution in [3.63, 3.8) is 0 Å². The fourth-order valence-corrected chi connectivity index (χ4v) is 1.72. The number of benzene rings is 1. The van der Waals surface area contributed by atoms with Gasteiger partial charge in [0.15, 0.2) is 0 Å². The van der Waals surface area contributed by atoms with Crippen LogP contribution in [0.1, 0.15) is 24.2 Å². The molecule has 0 fully saturated rings. The van der Waals surface area contributed by atoms with Crippen LogP contribution in [0.2, 0.25) is 0 Å². The average molecular weight is 245 g/mol. The highest BCUT2D eigenvalue weighted by Crippen LogP contribution is 2.22. The van der Waals surface area contributed by atoms with Gasteiger partial charge < -0.3 is 11.1 Å². The van der Waals surface area contributed by atoms with Crippen LogP contribution < -0.4 is 11.1 Å². The maximum absolute atomic E-state index is 12.8. The first-order chi connectivity index (χ1) is 8.56. The lowest BCUT2D eigenvalue weighted by Crippen LogP contribution is -2.10. The number of nitrogen functional groups attached to an aromatic ring is 1. The Labute approximate surface area is 106 Å². The van der Waals surface area contributed by atoms with E-state index in [0.29, 0.717) is 11.5 Å². The van der Waals surface area contributed by atoms with Gasteiger partial charge in [0.25, 0.3) is 0 Å². The van der Waals surface area contributed by atoms with Crippen LogP contribution in [-0.4, -0.2) is 4.98 Å². The van der Waals surface area contributed by atoms with Gasteiger partial charge in [-0.25, -0.2) is 9.37 Å². The number of hydrogen-bond acceptors (Lipinski definition) is 3. The molecule has 0 spiro atoms. The summed E-state index contributed by atoms with van der Waals surface area (Å²) in [5.41, 5.74) is 8.35. The summed E-state index contributed by atoms with van der Waals surface area (Å²) in [7, 11) is 0. The molecule has 0 aliphatic heterocycles. The first-order valence-corrected chi connectivity index (χ1v) is 5.81. The van der Waals surface area contributed by atoms with E-state index in [2.05, 4.69) is 10.3 Å². The van der Waals surface area contributed by atoms with E-state index in [1.165, 1.54) is 12.1 Å². The van der Waals surface area contributed by atoms with Crippen molar-refractivity contribution in [2.75, 3.05) is 11.1 Å². The minimum absolute atomic E-state index is 0.0159. The summed E-state index contributed by atoms with van der Waals surface area (Å²) in [6.07, 6.45) is 0. The Morgan fingerprint density at radius 2 is 1.83 bits per heavy atom. The molecule has 2 aromatic rings. The molecule has 1 heterocycles. The summed E-state index contributed by atoms with van der Waals surface area (Å²) in [6, 6.07) is 10.1. The molecule has 0 radical (unpaired) electrons. The molecular weight excluding hydrogens is 229 g/mol. The van der Waals surface area contributed by atoms with Crippen LogP contribution in [0.4, 0.5) is 15.9 Å². The maximum Gasteiger partial charge on any atom is 0.149 e. The highest BCUT2D eigenvalue weighted by Gasteiger charge is 2.08. The smallest absolute Gasteiger partial charge is 0.149 e. The molecule has 94 valence electrons. The monoisotopic (exact) mass is 245 g/mol. The number of nitrogens with two attached hydrogens (primary N) is 1. The summed E-state index contributed by atoms with van der Waals surface area (Å²) >= 11 is 0. The molecule has 3 N–H and O–H groups in total. The van der Waals surface area contributed by atoms with Crippen LogP contribution in [0, 0.1) is 12.7 Å². The van der Waals surface area contributed by atoms with Crippen molar-refractivity contribution in [1.29, 1.82) is 0 Å². The van der Waals surface area contributed by atoms with Crippen LogP contribution in [0.25, 0.3) is 0 Å². The van der Waals surface area contributed by atoms with Crippen LogP contribution in [-0.2, 0) is 0 Å². The number of nitrogens with zero attached hydrogens (tertiary/aromatic N) is 1. The molecule has 2 rings (SSSR count). The van der Waals surface area contributed by atoms with E-state index >= 15 is 0 Å². The molecule has 18 heavy (non-hydrogen) atoms. The standard InChI is InChI=1S/C14H16FN3/c1-9-3-8-13(16)14(17-9)18-10(2)11-4-6-12(15)7-5-11/h3-8,10H,16H2,1-2H3,(H,17,18). The van der Waals surface area contributed by atoms with Crippen LogP contribution in [0.5, 0.6) is 0 Å². The van der Waals surface area contributed by atoms with Gasteiger partial charge in [0.1, 0.15) is 11.6 Å². The highest BCUT2D eigenvalue weighted by molar-refractivity contribution is 5.61. The van der Waals surface area contributed by atoms with Crippen molar-refractivity contribution in [3.05, 3.63) is 53.5 Å². The summed E-state index contributed by atoms with van der Waals surface area (Å²) in [5.74, 6) is 0.422. The fourth-order valence-electron chi connectivity index (χ4n) is 1.72. The van der Waals surface area contributed by atoms with Gasteiger partial charge in [0.2, 0.25) is 0 Å². The number of nitrogens with one attached hydrogen (secondary N) is 1. The lowest BCUT2D eigenvalue weighted by molar-refractivity contribution is 0.626. The average Bonchev–Trinajstić information content (AvgIpc) is 2.34. The zero-order valence-corrected chi connectivity index (χ0v) is 10.4. The summed E-state index contributed by atoms with van der Waals surface area (Å²) in [5, 5.41) is 3.23. The van der Waals surface area contributed by atoms with Crippen LogP contribution in [0.15, 0.2) is 36.4 Å². The number of halogens is 1. The number of aryl methyl sites for hydroxylation is 1. The van der Waals surface area contributed by atoms with Crippen molar-refractivity contribution < 1.29 is 4.39 Å². The molecule has 4 heteroatoms. The largest absolute Gasteiger partial charge is 0.396 e. The minimum Gasteiger partial charge on any atom is -0.396 e. The van der Waals surface area contributed by atoms with Gasteiger partial charge in [-0.2, -0.15) is 0 Å². The molecule has 0 aliphatic rings. The molecule has 1 aromatic carbocycles. The minimum atomic E-state index is -0.237. The van der Waals surface area contributed by atoms with Crippen LogP contribution >= 0.6 is 0 Å². The van der Waals surface area contributed by atoms with Gasteiger partial charge in [-0.1, -0.05) is 12.1 Å². The van der Waals surface area contributed by atoms with Gasteiger partial charge in [-0.15, -0.1) is 0 Å². The Kier molecular flexibility index (Phi) is 3.46. The summed E-state index contributed by atoms with van der Waals surface area (Å²) < 4.78 is 12.8. The molecule has 3 nitrogen and oxygen atoms in total. The molecule has 0 aliphatic carbocycles.